The Hall–Kier alpha value is -1.51. The average molecular weight is 576 g/mol. The SMILES string of the molecule is CC(C)(C)c1cccc2c3ccc[c-](C(C)(C)C)c-3cc12.Cc1cc(O)cc(C(C)(C)C)c1.Cl.Cl.[CH2]=[Ti+]. The summed E-state index contributed by atoms with van der Waals surface area (Å²) in [6.07, 6.45) is 0. The molecule has 0 atom stereocenters. The van der Waals surface area contributed by atoms with E-state index in [2.05, 4.69) is 116 Å². The molecule has 0 aromatic heterocycles. The van der Waals surface area contributed by atoms with Crippen LogP contribution in [0.25, 0.3) is 21.9 Å². The number of hydrogen-bond acceptors (Lipinski definition) is 1. The van der Waals surface area contributed by atoms with Crippen molar-refractivity contribution in [3.8, 4) is 16.9 Å². The minimum atomic E-state index is 0. The molecule has 2 aliphatic carbocycles. The van der Waals surface area contributed by atoms with Gasteiger partial charge in [0.15, 0.2) is 0 Å². The van der Waals surface area contributed by atoms with Crippen LogP contribution in [0.4, 0.5) is 0 Å². The molecule has 0 saturated carbocycles. The van der Waals surface area contributed by atoms with Crippen molar-refractivity contribution in [2.45, 2.75) is 85.5 Å². The molecule has 0 heterocycles. The van der Waals surface area contributed by atoms with E-state index < -0.39 is 0 Å². The maximum atomic E-state index is 9.36. The summed E-state index contributed by atoms with van der Waals surface area (Å²) in [5.74, 6) is 0.361. The number of phenolic OH excluding ortho intramolecular Hbond substituents is 1. The first kappa shape index (κ1) is 35.5. The number of hydrogen-bond donors (Lipinski definition) is 1. The standard InChI is InChI=1S/C21H25.C11H16O.CH2.2ClH.Ti/c1-20(2,3)18-11-7-9-14-15-10-8-12-19(21(4,5)6)17(15)13-16(14)18;1-8-5-9(11(2,3)4)7-10(12)6-8;;;;/h7-13H,1-6H3;5-7,12H,1-4H3;1H2;2*1H;/q-1;;;;;+1. The zero-order chi connectivity index (χ0) is 26.8. The molecule has 0 spiro atoms. The first-order valence-electron chi connectivity index (χ1n) is 12.4. The topological polar surface area (TPSA) is 20.2 Å². The van der Waals surface area contributed by atoms with Crippen LogP contribution in [0, 0.1) is 6.92 Å². The van der Waals surface area contributed by atoms with Crippen molar-refractivity contribution >= 4 is 40.4 Å². The number of halogens is 2. The molecule has 0 saturated heterocycles. The van der Waals surface area contributed by atoms with Gasteiger partial charge in [-0.1, -0.05) is 97.4 Å². The van der Waals surface area contributed by atoms with Gasteiger partial charge in [0.2, 0.25) is 0 Å². The molecule has 0 unspecified atom stereocenters. The fourth-order valence-corrected chi connectivity index (χ4v) is 4.56. The van der Waals surface area contributed by atoms with Crippen LogP contribution >= 0.6 is 24.8 Å². The third kappa shape index (κ3) is 8.76. The predicted octanol–water partition coefficient (Wildman–Crippen LogP) is 10.1. The Morgan fingerprint density at radius 1 is 0.730 bits per heavy atom. The van der Waals surface area contributed by atoms with Crippen LogP contribution in [-0.4, -0.2) is 9.92 Å². The number of phenols is 1. The molecule has 201 valence electrons. The van der Waals surface area contributed by atoms with E-state index >= 15 is 0 Å². The molecule has 1 nitrogen and oxygen atoms in total. The monoisotopic (exact) mass is 575 g/mol. The molecule has 2 aliphatic rings. The molecule has 4 heteroatoms. The molecule has 2 aromatic rings. The molecule has 1 N–H and O–H groups in total. The number of rotatable bonds is 0. The van der Waals surface area contributed by atoms with E-state index in [9.17, 15) is 5.11 Å². The average Bonchev–Trinajstić information content (AvgIpc) is 3.11. The van der Waals surface area contributed by atoms with Crippen LogP contribution in [0.2, 0.25) is 0 Å². The Balaban J connectivity index is 0.000000701. The van der Waals surface area contributed by atoms with Gasteiger partial charge in [0.1, 0.15) is 5.75 Å². The van der Waals surface area contributed by atoms with E-state index in [-0.39, 0.29) is 41.1 Å². The van der Waals surface area contributed by atoms with Crippen molar-refractivity contribution < 1.29 is 25.1 Å². The molecular formula is C33H45Cl2OTi. The van der Waals surface area contributed by atoms with Crippen molar-refractivity contribution in [3.63, 3.8) is 0 Å². The summed E-state index contributed by atoms with van der Waals surface area (Å²) >= 11 is 1.75. The predicted molar refractivity (Wildman–Crippen MR) is 167 cm³/mol. The summed E-state index contributed by atoms with van der Waals surface area (Å²) < 4.78 is 0. The zero-order valence-corrected chi connectivity index (χ0v) is 27.4. The van der Waals surface area contributed by atoms with Crippen LogP contribution in [-0.2, 0) is 36.2 Å². The number of fused-ring (bicyclic) bond motifs is 3. The van der Waals surface area contributed by atoms with Gasteiger partial charge in [-0.2, -0.15) is 0 Å². The molecule has 0 aliphatic heterocycles. The summed E-state index contributed by atoms with van der Waals surface area (Å²) in [5.41, 5.74) is 8.44. The van der Waals surface area contributed by atoms with E-state index in [1.807, 2.05) is 13.0 Å². The summed E-state index contributed by atoms with van der Waals surface area (Å²) in [4.78, 5) is 3.25. The zero-order valence-electron chi connectivity index (χ0n) is 24.2. The molecule has 37 heavy (non-hydrogen) atoms. The Morgan fingerprint density at radius 3 is 1.81 bits per heavy atom. The Morgan fingerprint density at radius 2 is 1.32 bits per heavy atom. The van der Waals surface area contributed by atoms with E-state index in [1.54, 1.807) is 26.0 Å². The van der Waals surface area contributed by atoms with Crippen molar-refractivity contribution in [3.05, 3.63) is 82.9 Å². The van der Waals surface area contributed by atoms with Crippen LogP contribution in [0.15, 0.2) is 60.7 Å². The van der Waals surface area contributed by atoms with Crippen molar-refractivity contribution in [1.82, 2.24) is 0 Å². The van der Waals surface area contributed by atoms with Gasteiger partial charge < -0.3 is 5.11 Å². The van der Waals surface area contributed by atoms with Gasteiger partial charge in [0, 0.05) is 0 Å². The van der Waals surface area contributed by atoms with E-state index in [0.29, 0.717) is 5.75 Å². The second kappa shape index (κ2) is 13.5. The quantitative estimate of drug-likeness (QED) is 0.163. The van der Waals surface area contributed by atoms with Crippen molar-refractivity contribution in [1.29, 1.82) is 0 Å². The summed E-state index contributed by atoms with van der Waals surface area (Å²) in [7, 11) is 0. The normalized spacial score (nSPS) is 11.5. The number of benzene rings is 3. The molecular weight excluding hydrogens is 531 g/mol. The van der Waals surface area contributed by atoms with Gasteiger partial charge in [-0.3, -0.25) is 0 Å². The fraction of sp³-hybridized carbons (Fsp3) is 0.394. The van der Waals surface area contributed by atoms with Crippen LogP contribution < -0.4 is 0 Å². The van der Waals surface area contributed by atoms with Crippen LogP contribution in [0.1, 0.15) is 84.6 Å². The molecule has 0 bridgehead atoms. The summed E-state index contributed by atoms with van der Waals surface area (Å²) in [5, 5.41) is 12.2. The van der Waals surface area contributed by atoms with Gasteiger partial charge in [-0.25, -0.2) is 0 Å². The fourth-order valence-electron chi connectivity index (χ4n) is 4.56. The molecule has 0 fully saturated rings. The molecule has 0 amide bonds. The number of aromatic hydroxyl groups is 1. The van der Waals surface area contributed by atoms with Crippen LogP contribution in [0.3, 0.4) is 0 Å². The second-order valence-corrected chi connectivity index (χ2v) is 12.5. The van der Waals surface area contributed by atoms with Gasteiger partial charge >= 0.3 is 24.8 Å². The van der Waals surface area contributed by atoms with E-state index in [1.165, 1.54) is 38.6 Å². The van der Waals surface area contributed by atoms with E-state index in [0.717, 1.165) is 5.56 Å². The maximum absolute atomic E-state index is 9.36. The Bertz CT molecular complexity index is 1230. The van der Waals surface area contributed by atoms with Gasteiger partial charge in [-0.15, -0.1) is 65.8 Å². The molecule has 2 aromatic carbocycles. The van der Waals surface area contributed by atoms with Crippen LogP contribution in [0.5, 0.6) is 5.75 Å². The van der Waals surface area contributed by atoms with Gasteiger partial charge in [0.05, 0.1) is 0 Å². The van der Waals surface area contributed by atoms with Gasteiger partial charge in [-0.05, 0) is 52.0 Å². The molecule has 4 rings (SSSR count). The molecule has 0 radical (unpaired) electrons. The Labute approximate surface area is 249 Å². The van der Waals surface area contributed by atoms with Crippen molar-refractivity contribution in [2.75, 3.05) is 0 Å². The van der Waals surface area contributed by atoms with Gasteiger partial charge in [0.25, 0.3) is 0 Å². The first-order chi connectivity index (χ1) is 16.1. The third-order valence-corrected chi connectivity index (χ3v) is 6.34. The van der Waals surface area contributed by atoms with E-state index in [4.69, 9.17) is 0 Å². The first-order valence-corrected chi connectivity index (χ1v) is 13.5. The third-order valence-electron chi connectivity index (χ3n) is 6.34. The Kier molecular flexibility index (Phi) is 13.0. The number of aryl methyl sites for hydroxylation is 1. The summed E-state index contributed by atoms with van der Waals surface area (Å²) in [6, 6.07) is 21.6. The summed E-state index contributed by atoms with van der Waals surface area (Å²) in [6.45, 7) is 22.2. The van der Waals surface area contributed by atoms with Crippen molar-refractivity contribution in [2.24, 2.45) is 0 Å². The minimum absolute atomic E-state index is 0. The second-order valence-electron chi connectivity index (χ2n) is 12.5.